The van der Waals surface area contributed by atoms with Crippen LogP contribution in [0.25, 0.3) is 0 Å². The molecular formula is C15H17N3O3S. The summed E-state index contributed by atoms with van der Waals surface area (Å²) in [5.41, 5.74) is 1.62. The van der Waals surface area contributed by atoms with E-state index in [0.717, 1.165) is 18.4 Å². The van der Waals surface area contributed by atoms with Gasteiger partial charge >= 0.3 is 0 Å². The first kappa shape index (κ1) is 13.8. The summed E-state index contributed by atoms with van der Waals surface area (Å²) in [7, 11) is 0. The van der Waals surface area contributed by atoms with Gasteiger partial charge in [0.1, 0.15) is 5.82 Å². The number of ether oxygens (including phenoxy) is 1. The van der Waals surface area contributed by atoms with Crippen molar-refractivity contribution >= 4 is 23.1 Å². The number of thiophene rings is 1. The van der Waals surface area contributed by atoms with Gasteiger partial charge in [0, 0.05) is 25.6 Å². The molecule has 1 amide bonds. The van der Waals surface area contributed by atoms with Gasteiger partial charge in [-0.1, -0.05) is 0 Å². The van der Waals surface area contributed by atoms with E-state index in [1.54, 1.807) is 11.3 Å². The summed E-state index contributed by atoms with van der Waals surface area (Å²) >= 11 is 1.58. The van der Waals surface area contributed by atoms with E-state index in [2.05, 4.69) is 10.4 Å². The molecule has 0 aliphatic carbocycles. The maximum atomic E-state index is 12.5. The molecule has 2 N–H and O–H groups in total. The molecule has 2 aromatic rings. The number of anilines is 1. The topological polar surface area (TPSA) is 76.1 Å². The van der Waals surface area contributed by atoms with E-state index in [1.165, 1.54) is 0 Å². The van der Waals surface area contributed by atoms with Gasteiger partial charge in [0.15, 0.2) is 0 Å². The number of aromatic amines is 1. The second-order valence-electron chi connectivity index (χ2n) is 5.78. The highest BCUT2D eigenvalue weighted by molar-refractivity contribution is 7.08. The van der Waals surface area contributed by atoms with E-state index in [0.29, 0.717) is 31.0 Å². The molecule has 0 bridgehead atoms. The fourth-order valence-corrected chi connectivity index (χ4v) is 4.07. The minimum absolute atomic E-state index is 0.0384. The molecular weight excluding hydrogens is 302 g/mol. The largest absolute Gasteiger partial charge is 0.381 e. The summed E-state index contributed by atoms with van der Waals surface area (Å²) in [5, 5.41) is 9.81. The highest BCUT2D eigenvalue weighted by Crippen LogP contribution is 2.37. The SMILES string of the molecule is O=C1CC(c2ccsc2)c2c(n(C3CCOCC3)[nH]c2=O)N1. The third-order valence-electron chi connectivity index (χ3n) is 4.46. The predicted molar refractivity (Wildman–Crippen MR) is 83.6 cm³/mol. The van der Waals surface area contributed by atoms with Crippen LogP contribution in [-0.2, 0) is 9.53 Å². The van der Waals surface area contributed by atoms with Crippen LogP contribution in [0.1, 0.15) is 42.3 Å². The van der Waals surface area contributed by atoms with Crippen LogP contribution in [-0.4, -0.2) is 28.9 Å². The quantitative estimate of drug-likeness (QED) is 0.889. The molecule has 116 valence electrons. The number of hydrogen-bond acceptors (Lipinski definition) is 4. The van der Waals surface area contributed by atoms with Crippen molar-refractivity contribution in [3.8, 4) is 0 Å². The van der Waals surface area contributed by atoms with Crippen LogP contribution in [0.2, 0.25) is 0 Å². The lowest BCUT2D eigenvalue weighted by atomic mass is 9.89. The molecule has 2 aromatic heterocycles. The number of H-pyrrole nitrogens is 1. The van der Waals surface area contributed by atoms with Crippen LogP contribution < -0.4 is 10.9 Å². The lowest BCUT2D eigenvalue weighted by Crippen LogP contribution is -2.28. The Bertz CT molecular complexity index is 741. The van der Waals surface area contributed by atoms with Gasteiger partial charge in [-0.05, 0) is 35.2 Å². The highest BCUT2D eigenvalue weighted by Gasteiger charge is 2.34. The molecule has 0 aromatic carbocycles. The number of rotatable bonds is 2. The number of nitrogens with zero attached hydrogens (tertiary/aromatic N) is 1. The Hall–Kier alpha value is -1.86. The molecule has 2 aliphatic rings. The third kappa shape index (κ3) is 2.21. The lowest BCUT2D eigenvalue weighted by molar-refractivity contribution is -0.116. The molecule has 0 spiro atoms. The zero-order valence-electron chi connectivity index (χ0n) is 12.0. The first-order valence-electron chi connectivity index (χ1n) is 7.48. The Kier molecular flexibility index (Phi) is 3.38. The van der Waals surface area contributed by atoms with Crippen molar-refractivity contribution in [1.29, 1.82) is 0 Å². The highest BCUT2D eigenvalue weighted by atomic mass is 32.1. The van der Waals surface area contributed by atoms with Crippen molar-refractivity contribution in [1.82, 2.24) is 9.78 Å². The third-order valence-corrected chi connectivity index (χ3v) is 5.16. The molecule has 2 aliphatic heterocycles. The number of nitrogens with one attached hydrogen (secondary N) is 2. The number of amides is 1. The fourth-order valence-electron chi connectivity index (χ4n) is 3.36. The molecule has 4 rings (SSSR count). The van der Waals surface area contributed by atoms with Crippen LogP contribution in [0, 0.1) is 0 Å². The average Bonchev–Trinajstić information content (AvgIpc) is 3.16. The van der Waals surface area contributed by atoms with Gasteiger partial charge in [-0.15, -0.1) is 0 Å². The van der Waals surface area contributed by atoms with Crippen molar-refractivity contribution in [3.63, 3.8) is 0 Å². The van der Waals surface area contributed by atoms with Crippen molar-refractivity contribution in [2.75, 3.05) is 18.5 Å². The summed E-state index contributed by atoms with van der Waals surface area (Å²) in [6, 6.07) is 2.16. The Morgan fingerprint density at radius 3 is 2.82 bits per heavy atom. The number of aromatic nitrogens is 2. The molecule has 1 saturated heterocycles. The van der Waals surface area contributed by atoms with Crippen LogP contribution in [0.3, 0.4) is 0 Å². The molecule has 6 nitrogen and oxygen atoms in total. The monoisotopic (exact) mass is 319 g/mol. The average molecular weight is 319 g/mol. The maximum absolute atomic E-state index is 12.5. The minimum atomic E-state index is -0.153. The maximum Gasteiger partial charge on any atom is 0.270 e. The van der Waals surface area contributed by atoms with Crippen molar-refractivity contribution < 1.29 is 9.53 Å². The van der Waals surface area contributed by atoms with E-state index in [4.69, 9.17) is 4.74 Å². The predicted octanol–water partition coefficient (Wildman–Crippen LogP) is 2.06. The van der Waals surface area contributed by atoms with Crippen LogP contribution >= 0.6 is 11.3 Å². The van der Waals surface area contributed by atoms with Gasteiger partial charge < -0.3 is 10.1 Å². The standard InChI is InChI=1S/C15H17N3O3S/c19-12-7-11(9-3-6-22-8-9)13-14(16-12)18(17-15(13)20)10-1-4-21-5-2-10/h3,6,8,10-11H,1-2,4-5,7H2,(H,16,19)(H,17,20). The summed E-state index contributed by atoms with van der Waals surface area (Å²) in [5.74, 6) is 0.452. The lowest BCUT2D eigenvalue weighted by Gasteiger charge is -2.27. The number of carbonyl (C=O) groups excluding carboxylic acids is 1. The normalized spacial score (nSPS) is 22.4. The van der Waals surface area contributed by atoms with Gasteiger partial charge in [-0.25, -0.2) is 0 Å². The molecule has 22 heavy (non-hydrogen) atoms. The molecule has 0 radical (unpaired) electrons. The smallest absolute Gasteiger partial charge is 0.270 e. The second kappa shape index (κ2) is 5.40. The number of carbonyl (C=O) groups is 1. The Morgan fingerprint density at radius 1 is 1.27 bits per heavy atom. The Morgan fingerprint density at radius 2 is 2.09 bits per heavy atom. The van der Waals surface area contributed by atoms with Crippen molar-refractivity contribution in [2.45, 2.75) is 31.2 Å². The number of fused-ring (bicyclic) bond motifs is 1. The number of hydrogen-bond donors (Lipinski definition) is 2. The first-order valence-corrected chi connectivity index (χ1v) is 8.42. The van der Waals surface area contributed by atoms with E-state index >= 15 is 0 Å². The van der Waals surface area contributed by atoms with Gasteiger partial charge in [-0.3, -0.25) is 19.4 Å². The molecule has 4 heterocycles. The van der Waals surface area contributed by atoms with Crippen LogP contribution in [0.15, 0.2) is 21.6 Å². The summed E-state index contributed by atoms with van der Waals surface area (Å²) in [4.78, 5) is 24.6. The summed E-state index contributed by atoms with van der Waals surface area (Å²) in [6.45, 7) is 1.36. The Balaban J connectivity index is 1.81. The molecule has 1 fully saturated rings. The zero-order valence-corrected chi connectivity index (χ0v) is 12.8. The second-order valence-corrected chi connectivity index (χ2v) is 6.56. The van der Waals surface area contributed by atoms with E-state index in [9.17, 15) is 9.59 Å². The summed E-state index contributed by atoms with van der Waals surface area (Å²) < 4.78 is 7.23. The molecule has 1 atom stereocenters. The minimum Gasteiger partial charge on any atom is -0.381 e. The van der Waals surface area contributed by atoms with E-state index < -0.39 is 0 Å². The van der Waals surface area contributed by atoms with Gasteiger partial charge in [0.05, 0.1) is 11.6 Å². The van der Waals surface area contributed by atoms with Gasteiger partial charge in [-0.2, -0.15) is 11.3 Å². The van der Waals surface area contributed by atoms with Crippen molar-refractivity contribution in [3.05, 3.63) is 38.3 Å². The molecule has 1 unspecified atom stereocenters. The zero-order chi connectivity index (χ0) is 15.1. The van der Waals surface area contributed by atoms with Crippen molar-refractivity contribution in [2.24, 2.45) is 0 Å². The van der Waals surface area contributed by atoms with Gasteiger partial charge in [0.25, 0.3) is 5.56 Å². The fraction of sp³-hybridized carbons (Fsp3) is 0.467. The first-order chi connectivity index (χ1) is 10.7. The Labute approximate surface area is 131 Å². The van der Waals surface area contributed by atoms with Crippen LogP contribution in [0.4, 0.5) is 5.82 Å². The van der Waals surface area contributed by atoms with E-state index in [1.807, 2.05) is 21.5 Å². The van der Waals surface area contributed by atoms with Gasteiger partial charge in [0.2, 0.25) is 5.91 Å². The van der Waals surface area contributed by atoms with Crippen LogP contribution in [0.5, 0.6) is 0 Å². The summed E-state index contributed by atoms with van der Waals surface area (Å²) in [6.07, 6.45) is 2.01. The molecule has 7 heteroatoms. The molecule has 0 saturated carbocycles. The van der Waals surface area contributed by atoms with E-state index in [-0.39, 0.29) is 23.4 Å².